The van der Waals surface area contributed by atoms with Crippen LogP contribution in [0.3, 0.4) is 0 Å². The summed E-state index contributed by atoms with van der Waals surface area (Å²) in [6.07, 6.45) is 5.53. The number of aryl methyl sites for hydroxylation is 1. The number of nitrogens with zero attached hydrogens (tertiary/aromatic N) is 2. The van der Waals surface area contributed by atoms with Crippen LogP contribution >= 0.6 is 11.9 Å². The monoisotopic (exact) mass is 617 g/mol. The summed E-state index contributed by atoms with van der Waals surface area (Å²) in [4.78, 5) is 48.2. The van der Waals surface area contributed by atoms with Crippen molar-refractivity contribution in [1.82, 2.24) is 14.6 Å². The maximum atomic E-state index is 14.5. The molecule has 1 saturated carbocycles. The number of ketones is 1. The van der Waals surface area contributed by atoms with Crippen molar-refractivity contribution in [3.8, 4) is 17.0 Å². The van der Waals surface area contributed by atoms with Crippen LogP contribution in [0.5, 0.6) is 5.75 Å². The third-order valence-electron chi connectivity index (χ3n) is 10.3. The normalized spacial score (nSPS) is 25.5. The number of carbonyl (C=O) groups excluding carboxylic acids is 3. The van der Waals surface area contributed by atoms with Gasteiger partial charge < -0.3 is 14.4 Å². The predicted octanol–water partition coefficient (Wildman–Crippen LogP) is 6.15. The summed E-state index contributed by atoms with van der Waals surface area (Å²) < 4.78 is 15.5. The van der Waals surface area contributed by atoms with Crippen LogP contribution < -0.4 is 9.46 Å². The Kier molecular flexibility index (Phi) is 8.05. The number of fused-ring (bicyclic) bond motifs is 1. The zero-order valence-electron chi connectivity index (χ0n) is 26.8. The number of rotatable bonds is 7. The summed E-state index contributed by atoms with van der Waals surface area (Å²) in [5.41, 5.74) is 5.01. The van der Waals surface area contributed by atoms with Crippen molar-refractivity contribution in [3.63, 3.8) is 0 Å². The van der Waals surface area contributed by atoms with Gasteiger partial charge in [-0.1, -0.05) is 31.9 Å². The Morgan fingerprint density at radius 1 is 1.18 bits per heavy atom. The number of allylic oxidation sites excluding steroid dienone is 2. The quantitative estimate of drug-likeness (QED) is 0.372. The molecule has 0 radical (unpaired) electrons. The molecule has 44 heavy (non-hydrogen) atoms. The van der Waals surface area contributed by atoms with Crippen molar-refractivity contribution in [2.75, 3.05) is 19.9 Å². The zero-order chi connectivity index (χ0) is 31.5. The van der Waals surface area contributed by atoms with Gasteiger partial charge in [-0.25, -0.2) is 4.98 Å². The molecule has 6 rings (SSSR count). The number of benzene rings is 1. The highest BCUT2D eigenvalue weighted by molar-refractivity contribution is 7.97. The number of Topliss-reactive ketones (excluding diaryl/α,β-unsaturated/α-hetero) is 1. The molecule has 1 spiro atoms. The topological polar surface area (TPSA) is 97.8 Å². The van der Waals surface area contributed by atoms with E-state index in [0.717, 1.165) is 53.7 Å². The van der Waals surface area contributed by atoms with Gasteiger partial charge in [-0.2, -0.15) is 0 Å². The first-order valence-corrected chi connectivity index (χ1v) is 17.0. The van der Waals surface area contributed by atoms with Crippen LogP contribution in [-0.2, 0) is 14.3 Å². The molecule has 1 aromatic carbocycles. The minimum atomic E-state index is -0.544. The molecule has 234 valence electrons. The Morgan fingerprint density at radius 3 is 2.57 bits per heavy atom. The van der Waals surface area contributed by atoms with E-state index >= 15 is 0 Å². The molecule has 1 aromatic heterocycles. The lowest BCUT2D eigenvalue weighted by molar-refractivity contribution is -0.156. The van der Waals surface area contributed by atoms with Gasteiger partial charge in [0.25, 0.3) is 5.91 Å². The molecule has 4 atom stereocenters. The van der Waals surface area contributed by atoms with Gasteiger partial charge in [0.1, 0.15) is 23.3 Å². The second kappa shape index (κ2) is 11.5. The molecule has 4 aliphatic rings. The molecule has 2 fully saturated rings. The van der Waals surface area contributed by atoms with Gasteiger partial charge in [0.2, 0.25) is 5.91 Å². The average Bonchev–Trinajstić information content (AvgIpc) is 3.73. The number of carbonyl (C=O) groups is 3. The van der Waals surface area contributed by atoms with E-state index in [0.29, 0.717) is 35.7 Å². The van der Waals surface area contributed by atoms with Crippen LogP contribution in [0.4, 0.5) is 0 Å². The first-order chi connectivity index (χ1) is 21.0. The Bertz CT molecular complexity index is 1560. The van der Waals surface area contributed by atoms with Gasteiger partial charge in [-0.3, -0.25) is 19.1 Å². The lowest BCUT2D eigenvalue weighted by Gasteiger charge is -2.51. The highest BCUT2D eigenvalue weighted by Gasteiger charge is 2.58. The minimum absolute atomic E-state index is 0.0133. The van der Waals surface area contributed by atoms with Crippen LogP contribution in [-0.4, -0.2) is 59.5 Å². The Hall–Kier alpha value is -3.33. The number of hydrogen-bond acceptors (Lipinski definition) is 7. The largest absolute Gasteiger partial charge is 0.496 e. The van der Waals surface area contributed by atoms with Gasteiger partial charge in [0.15, 0.2) is 5.78 Å². The highest BCUT2D eigenvalue weighted by Crippen LogP contribution is 2.61. The SMILES string of the molecule is CCN1C(=O)[C@H]2[C@H](C[C@H]1C(C)C)OC1=C(C(=O)CC3(CC3)C1)[C@@H]2c1c(OC)ccc(-c2ccc(C)c(C(=O)NSC)n2)c1C. The van der Waals surface area contributed by atoms with Crippen molar-refractivity contribution in [2.45, 2.75) is 84.8 Å². The van der Waals surface area contributed by atoms with E-state index in [2.05, 4.69) is 18.6 Å². The summed E-state index contributed by atoms with van der Waals surface area (Å²) >= 11 is 1.23. The van der Waals surface area contributed by atoms with Crippen LogP contribution in [0.15, 0.2) is 35.6 Å². The summed E-state index contributed by atoms with van der Waals surface area (Å²) in [6, 6.07) is 7.75. The molecule has 2 amide bonds. The van der Waals surface area contributed by atoms with Crippen molar-refractivity contribution in [1.29, 1.82) is 0 Å². The van der Waals surface area contributed by atoms with Crippen molar-refractivity contribution in [2.24, 2.45) is 17.3 Å². The van der Waals surface area contributed by atoms with Crippen LogP contribution in [0, 0.1) is 31.1 Å². The Labute approximate surface area is 264 Å². The molecule has 2 aliphatic carbocycles. The lowest BCUT2D eigenvalue weighted by Crippen LogP contribution is -2.59. The fourth-order valence-electron chi connectivity index (χ4n) is 7.88. The van der Waals surface area contributed by atoms with Crippen molar-refractivity contribution >= 4 is 29.5 Å². The Balaban J connectivity index is 1.55. The number of nitrogens with one attached hydrogen (secondary N) is 1. The molecule has 1 N–H and O–H groups in total. The fraction of sp³-hybridized carbons (Fsp3) is 0.543. The molecule has 3 heterocycles. The summed E-state index contributed by atoms with van der Waals surface area (Å²) in [6.45, 7) is 10.8. The van der Waals surface area contributed by atoms with Crippen LogP contribution in [0.25, 0.3) is 11.3 Å². The molecular weight excluding hydrogens is 574 g/mol. The fourth-order valence-corrected chi connectivity index (χ4v) is 8.16. The molecular formula is C35H43N3O5S. The first-order valence-electron chi connectivity index (χ1n) is 15.8. The maximum Gasteiger partial charge on any atom is 0.279 e. The van der Waals surface area contributed by atoms with E-state index in [1.807, 2.05) is 49.9 Å². The standard InChI is InChI=1S/C35H43N3O5S/c1-8-38-23(18(2)3)15-26-30(34(38)41)31(29-24(39)16-35(13-14-35)17-27(29)43-26)28-20(5)21(10-12-25(28)42-6)22-11-9-19(4)32(36-22)33(40)37-44-7/h9-12,18,23,26,30-31H,8,13-17H2,1-7H3,(H,37,40)/t23-,26-,30-,31-/m0/s1. The van der Waals surface area contributed by atoms with Crippen molar-refractivity contribution in [3.05, 3.63) is 58.0 Å². The molecule has 1 saturated heterocycles. The van der Waals surface area contributed by atoms with E-state index in [-0.39, 0.29) is 41.1 Å². The minimum Gasteiger partial charge on any atom is -0.496 e. The second-order valence-corrected chi connectivity index (χ2v) is 13.9. The van der Waals surface area contributed by atoms with E-state index in [1.54, 1.807) is 13.4 Å². The average molecular weight is 618 g/mol. The van der Waals surface area contributed by atoms with E-state index in [4.69, 9.17) is 14.5 Å². The molecule has 2 aliphatic heterocycles. The molecule has 9 heteroatoms. The number of likely N-dealkylation sites (tertiary alicyclic amines) is 1. The van der Waals surface area contributed by atoms with Crippen molar-refractivity contribution < 1.29 is 23.9 Å². The predicted molar refractivity (Wildman–Crippen MR) is 171 cm³/mol. The number of pyridine rings is 1. The molecule has 0 bridgehead atoms. The van der Waals surface area contributed by atoms with Crippen LogP contribution in [0.2, 0.25) is 0 Å². The van der Waals surface area contributed by atoms with Crippen LogP contribution in [0.1, 0.15) is 86.0 Å². The number of aromatic nitrogens is 1. The molecule has 0 unspecified atom stereocenters. The summed E-state index contributed by atoms with van der Waals surface area (Å²) in [5, 5.41) is 0. The van der Waals surface area contributed by atoms with Gasteiger partial charge >= 0.3 is 0 Å². The first kappa shape index (κ1) is 30.7. The smallest absolute Gasteiger partial charge is 0.279 e. The van der Waals surface area contributed by atoms with E-state index in [1.165, 1.54) is 11.9 Å². The van der Waals surface area contributed by atoms with Gasteiger partial charge in [0.05, 0.1) is 18.7 Å². The number of piperidine rings is 1. The number of ether oxygens (including phenoxy) is 2. The third-order valence-corrected chi connectivity index (χ3v) is 10.7. The third kappa shape index (κ3) is 5.01. The number of amides is 2. The van der Waals surface area contributed by atoms with Gasteiger partial charge in [0, 0.05) is 60.7 Å². The molecule has 2 aromatic rings. The number of methoxy groups -OCH3 is 1. The van der Waals surface area contributed by atoms with Gasteiger partial charge in [-0.15, -0.1) is 0 Å². The summed E-state index contributed by atoms with van der Waals surface area (Å²) in [5.74, 6) is 0.530. The Morgan fingerprint density at radius 2 is 1.93 bits per heavy atom. The van der Waals surface area contributed by atoms with E-state index in [9.17, 15) is 14.4 Å². The van der Waals surface area contributed by atoms with E-state index < -0.39 is 11.8 Å². The zero-order valence-corrected chi connectivity index (χ0v) is 27.6. The second-order valence-electron chi connectivity index (χ2n) is 13.3. The molecule has 8 nitrogen and oxygen atoms in total. The summed E-state index contributed by atoms with van der Waals surface area (Å²) in [7, 11) is 1.64. The lowest BCUT2D eigenvalue weighted by atomic mass is 9.65. The maximum absolute atomic E-state index is 14.5. The highest BCUT2D eigenvalue weighted by atomic mass is 32.2. The number of hydrogen-bond donors (Lipinski definition) is 1. The van der Waals surface area contributed by atoms with Gasteiger partial charge in [-0.05, 0) is 74.3 Å².